The van der Waals surface area contributed by atoms with E-state index in [-0.39, 0.29) is 24.1 Å². The third kappa shape index (κ3) is 5.89. The molecule has 0 heterocycles. The van der Waals surface area contributed by atoms with Gasteiger partial charge in [-0.3, -0.25) is 0 Å². The molecule has 17 heavy (non-hydrogen) atoms. The van der Waals surface area contributed by atoms with Crippen LogP contribution in [0.2, 0.25) is 0 Å². The highest BCUT2D eigenvalue weighted by molar-refractivity contribution is 8.13. The molecule has 1 rings (SSSR count). The third-order valence-corrected chi connectivity index (χ3v) is 3.54. The quantitative estimate of drug-likeness (QED) is 0.753. The van der Waals surface area contributed by atoms with Gasteiger partial charge in [-0.25, -0.2) is 12.8 Å². The zero-order valence-corrected chi connectivity index (χ0v) is 11.0. The Labute approximate surface area is 105 Å². The van der Waals surface area contributed by atoms with E-state index in [4.69, 9.17) is 15.4 Å². The first kappa shape index (κ1) is 14.3. The van der Waals surface area contributed by atoms with Crippen molar-refractivity contribution >= 4 is 19.7 Å². The van der Waals surface area contributed by atoms with Gasteiger partial charge in [-0.1, -0.05) is 13.0 Å². The number of halogens is 2. The first-order valence-electron chi connectivity index (χ1n) is 5.21. The minimum absolute atomic E-state index is 0.139. The van der Waals surface area contributed by atoms with Gasteiger partial charge in [0, 0.05) is 22.7 Å². The summed E-state index contributed by atoms with van der Waals surface area (Å²) in [4.78, 5) is 0. The molecule has 0 amide bonds. The predicted molar refractivity (Wildman–Crippen MR) is 65.3 cm³/mol. The number of hydrogen-bond acceptors (Lipinski definition) is 3. The van der Waals surface area contributed by atoms with E-state index in [1.165, 1.54) is 18.2 Å². The van der Waals surface area contributed by atoms with Crippen molar-refractivity contribution in [1.82, 2.24) is 0 Å². The minimum Gasteiger partial charge on any atom is -0.493 e. The number of rotatable bonds is 6. The molecule has 0 aliphatic rings. The Morgan fingerprint density at radius 3 is 2.71 bits per heavy atom. The van der Waals surface area contributed by atoms with Crippen molar-refractivity contribution in [2.24, 2.45) is 5.92 Å². The summed E-state index contributed by atoms with van der Waals surface area (Å²) in [5.41, 5.74) is 0. The average molecular weight is 281 g/mol. The standard InChI is InChI=1S/C11H14ClFO3S/c1-2-9(8-17(12,14)15)7-16-11-5-3-4-10(13)6-11/h3-6,9H,2,7-8H2,1H3. The van der Waals surface area contributed by atoms with Crippen molar-refractivity contribution in [3.05, 3.63) is 30.1 Å². The fourth-order valence-electron chi connectivity index (χ4n) is 1.34. The van der Waals surface area contributed by atoms with Gasteiger partial charge < -0.3 is 4.74 Å². The Balaban J connectivity index is 2.53. The summed E-state index contributed by atoms with van der Waals surface area (Å²) in [7, 11) is 1.64. The Hall–Kier alpha value is -0.810. The van der Waals surface area contributed by atoms with Crippen LogP contribution >= 0.6 is 10.7 Å². The summed E-state index contributed by atoms with van der Waals surface area (Å²) in [5, 5.41) is 0. The van der Waals surface area contributed by atoms with Gasteiger partial charge in [-0.05, 0) is 18.6 Å². The molecule has 3 nitrogen and oxygen atoms in total. The maximum atomic E-state index is 12.8. The van der Waals surface area contributed by atoms with E-state index in [0.717, 1.165) is 0 Å². The van der Waals surface area contributed by atoms with E-state index < -0.39 is 9.05 Å². The second-order valence-corrected chi connectivity index (χ2v) is 6.57. The second kappa shape index (κ2) is 6.21. The number of benzene rings is 1. The highest BCUT2D eigenvalue weighted by atomic mass is 35.7. The first-order valence-corrected chi connectivity index (χ1v) is 7.69. The summed E-state index contributed by atoms with van der Waals surface area (Å²) in [5.74, 6) is -0.336. The predicted octanol–water partition coefficient (Wildman–Crippen LogP) is 2.80. The van der Waals surface area contributed by atoms with Crippen molar-refractivity contribution in [3.8, 4) is 5.75 Å². The second-order valence-electron chi connectivity index (χ2n) is 3.75. The van der Waals surface area contributed by atoms with Gasteiger partial charge in [0.1, 0.15) is 11.6 Å². The van der Waals surface area contributed by atoms with Crippen molar-refractivity contribution in [3.63, 3.8) is 0 Å². The fourth-order valence-corrected chi connectivity index (χ4v) is 2.77. The van der Waals surface area contributed by atoms with Gasteiger partial charge in [-0.15, -0.1) is 0 Å². The SMILES string of the molecule is CCC(COc1cccc(F)c1)CS(=O)(=O)Cl. The van der Waals surface area contributed by atoms with Crippen molar-refractivity contribution < 1.29 is 17.5 Å². The lowest BCUT2D eigenvalue weighted by atomic mass is 10.1. The first-order chi connectivity index (χ1) is 7.90. The average Bonchev–Trinajstić information content (AvgIpc) is 2.23. The lowest BCUT2D eigenvalue weighted by Crippen LogP contribution is -2.19. The molecule has 0 fully saturated rings. The Morgan fingerprint density at radius 1 is 1.47 bits per heavy atom. The maximum absolute atomic E-state index is 12.8. The highest BCUT2D eigenvalue weighted by Gasteiger charge is 2.16. The van der Waals surface area contributed by atoms with Crippen LogP contribution in [0, 0.1) is 11.7 Å². The molecule has 0 N–H and O–H groups in total. The van der Waals surface area contributed by atoms with Crippen LogP contribution in [0.3, 0.4) is 0 Å². The summed E-state index contributed by atoms with van der Waals surface area (Å²) >= 11 is 0. The molecule has 0 aromatic heterocycles. The number of hydrogen-bond donors (Lipinski definition) is 0. The molecule has 1 unspecified atom stereocenters. The summed E-state index contributed by atoms with van der Waals surface area (Å²) in [6.45, 7) is 2.05. The molecule has 0 aliphatic carbocycles. The molecular weight excluding hydrogens is 267 g/mol. The Kier molecular flexibility index (Phi) is 5.21. The highest BCUT2D eigenvalue weighted by Crippen LogP contribution is 2.16. The normalized spacial score (nSPS) is 13.4. The van der Waals surface area contributed by atoms with Crippen LogP contribution in [0.4, 0.5) is 4.39 Å². The lowest BCUT2D eigenvalue weighted by Gasteiger charge is -2.14. The molecule has 0 spiro atoms. The van der Waals surface area contributed by atoms with Gasteiger partial charge in [0.05, 0.1) is 12.4 Å². The van der Waals surface area contributed by atoms with E-state index in [1.807, 2.05) is 6.92 Å². The topological polar surface area (TPSA) is 43.4 Å². The fraction of sp³-hybridized carbons (Fsp3) is 0.455. The van der Waals surface area contributed by atoms with Gasteiger partial charge in [-0.2, -0.15) is 0 Å². The van der Waals surface area contributed by atoms with Crippen LogP contribution in [0.25, 0.3) is 0 Å². The van der Waals surface area contributed by atoms with Crippen LogP contribution in [0.15, 0.2) is 24.3 Å². The monoisotopic (exact) mass is 280 g/mol. The lowest BCUT2D eigenvalue weighted by molar-refractivity contribution is 0.257. The Bertz CT molecular complexity index is 462. The van der Waals surface area contributed by atoms with E-state index in [2.05, 4.69) is 0 Å². The zero-order chi connectivity index (χ0) is 12.9. The van der Waals surface area contributed by atoms with E-state index in [0.29, 0.717) is 12.2 Å². The summed E-state index contributed by atoms with van der Waals surface area (Å²) in [6, 6.07) is 5.71. The van der Waals surface area contributed by atoms with Crippen molar-refractivity contribution in [1.29, 1.82) is 0 Å². The minimum atomic E-state index is -3.53. The Morgan fingerprint density at radius 2 is 2.18 bits per heavy atom. The summed E-state index contributed by atoms with van der Waals surface area (Å²) in [6.07, 6.45) is 0.626. The maximum Gasteiger partial charge on any atom is 0.232 e. The van der Waals surface area contributed by atoms with Gasteiger partial charge in [0.25, 0.3) is 0 Å². The smallest absolute Gasteiger partial charge is 0.232 e. The molecule has 1 aromatic rings. The van der Waals surface area contributed by atoms with Crippen molar-refractivity contribution in [2.75, 3.05) is 12.4 Å². The van der Waals surface area contributed by atoms with E-state index >= 15 is 0 Å². The molecule has 0 aliphatic heterocycles. The molecule has 96 valence electrons. The van der Waals surface area contributed by atoms with E-state index in [9.17, 15) is 12.8 Å². The van der Waals surface area contributed by atoms with E-state index in [1.54, 1.807) is 6.07 Å². The van der Waals surface area contributed by atoms with Gasteiger partial charge >= 0.3 is 0 Å². The molecule has 6 heteroatoms. The number of ether oxygens (including phenoxy) is 1. The molecule has 1 atom stereocenters. The van der Waals surface area contributed by atoms with Crippen LogP contribution < -0.4 is 4.74 Å². The molecular formula is C11H14ClFO3S. The molecule has 0 saturated carbocycles. The molecule has 0 radical (unpaired) electrons. The summed E-state index contributed by atoms with van der Waals surface area (Å²) < 4.78 is 40.0. The molecule has 0 bridgehead atoms. The molecule has 0 saturated heterocycles. The largest absolute Gasteiger partial charge is 0.493 e. The third-order valence-electron chi connectivity index (χ3n) is 2.29. The molecule has 1 aromatic carbocycles. The van der Waals surface area contributed by atoms with Gasteiger partial charge in [0.2, 0.25) is 9.05 Å². The van der Waals surface area contributed by atoms with Crippen molar-refractivity contribution in [2.45, 2.75) is 13.3 Å². The van der Waals surface area contributed by atoms with Crippen LogP contribution in [0.1, 0.15) is 13.3 Å². The zero-order valence-electron chi connectivity index (χ0n) is 9.40. The van der Waals surface area contributed by atoms with Crippen LogP contribution in [-0.2, 0) is 9.05 Å². The van der Waals surface area contributed by atoms with Crippen LogP contribution in [-0.4, -0.2) is 20.8 Å². The van der Waals surface area contributed by atoms with Gasteiger partial charge in [0.15, 0.2) is 0 Å². The van der Waals surface area contributed by atoms with Crippen LogP contribution in [0.5, 0.6) is 5.75 Å².